The molecule has 0 aromatic carbocycles. The Morgan fingerprint density at radius 1 is 1.35 bits per heavy atom. The second-order valence-corrected chi connectivity index (χ2v) is 5.95. The summed E-state index contributed by atoms with van der Waals surface area (Å²) in [7, 11) is 0. The lowest BCUT2D eigenvalue weighted by atomic mass is 9.98. The number of aliphatic imine (C=N–C) groups is 1. The van der Waals surface area contributed by atoms with Crippen LogP contribution in [0.5, 0.6) is 0 Å². The van der Waals surface area contributed by atoms with Crippen molar-refractivity contribution < 1.29 is 0 Å². The number of dihydropyridines is 1. The van der Waals surface area contributed by atoms with Gasteiger partial charge in [0.15, 0.2) is 0 Å². The zero-order chi connectivity index (χ0) is 17.9. The molecular weight excluding hydrogens is 328 g/mol. The predicted octanol–water partition coefficient (Wildman–Crippen LogP) is 2.43. The number of allylic oxidation sites excluding steroid dienone is 1. The maximum Gasteiger partial charge on any atom is 0.141 e. The van der Waals surface area contributed by atoms with Crippen molar-refractivity contribution in [2.24, 2.45) is 10.9 Å². The average molecular weight is 342 g/mol. The standard InChI is InChI=1S/C18H14N8/c19-3-1-16(13-5-12(6-20)7-21-8-13)26-10-14(9-25-26)17-15-2-4-22-18(15)24-11-23-17/h2,4-5,8-12,16H,1,7H2,(H,22,23,24). The molecular formula is C18H14N8. The Kier molecular flexibility index (Phi) is 4.00. The lowest BCUT2D eigenvalue weighted by Crippen LogP contribution is -2.17. The first-order valence-corrected chi connectivity index (χ1v) is 8.11. The molecule has 3 aromatic heterocycles. The highest BCUT2D eigenvalue weighted by molar-refractivity contribution is 5.90. The third-order valence-electron chi connectivity index (χ3n) is 4.32. The number of H-pyrrole nitrogens is 1. The number of nitrogens with one attached hydrogen (secondary N) is 1. The van der Waals surface area contributed by atoms with Crippen molar-refractivity contribution in [3.63, 3.8) is 0 Å². The van der Waals surface area contributed by atoms with Gasteiger partial charge in [0.05, 0.1) is 49.0 Å². The number of rotatable bonds is 4. The highest BCUT2D eigenvalue weighted by atomic mass is 15.3. The van der Waals surface area contributed by atoms with Gasteiger partial charge in [0.25, 0.3) is 0 Å². The van der Waals surface area contributed by atoms with E-state index in [0.29, 0.717) is 6.54 Å². The normalized spacial score (nSPS) is 17.5. The summed E-state index contributed by atoms with van der Waals surface area (Å²) in [6.07, 6.45) is 10.7. The molecule has 0 aliphatic carbocycles. The van der Waals surface area contributed by atoms with E-state index in [1.54, 1.807) is 17.1 Å². The Hall–Kier alpha value is -3.78. The van der Waals surface area contributed by atoms with Gasteiger partial charge in [-0.05, 0) is 11.6 Å². The Bertz CT molecular complexity index is 1090. The Labute approximate surface area is 149 Å². The smallest absolute Gasteiger partial charge is 0.141 e. The fraction of sp³-hybridized carbons (Fsp3) is 0.222. The number of nitriles is 2. The van der Waals surface area contributed by atoms with Gasteiger partial charge in [0.1, 0.15) is 12.0 Å². The monoisotopic (exact) mass is 342 g/mol. The predicted molar refractivity (Wildman–Crippen MR) is 94.9 cm³/mol. The molecule has 1 N–H and O–H groups in total. The number of aromatic amines is 1. The van der Waals surface area contributed by atoms with Crippen LogP contribution in [-0.2, 0) is 0 Å². The third kappa shape index (κ3) is 2.74. The van der Waals surface area contributed by atoms with Crippen molar-refractivity contribution in [2.75, 3.05) is 6.54 Å². The minimum Gasteiger partial charge on any atom is -0.346 e. The van der Waals surface area contributed by atoms with Crippen molar-refractivity contribution in [3.8, 4) is 23.4 Å². The fourth-order valence-electron chi connectivity index (χ4n) is 3.06. The van der Waals surface area contributed by atoms with Crippen LogP contribution in [0.1, 0.15) is 12.5 Å². The van der Waals surface area contributed by atoms with Gasteiger partial charge in [-0.3, -0.25) is 9.67 Å². The lowest BCUT2D eigenvalue weighted by molar-refractivity contribution is 0.532. The first kappa shape index (κ1) is 15.7. The molecule has 0 saturated carbocycles. The molecule has 4 rings (SSSR count). The number of hydrogen-bond donors (Lipinski definition) is 1. The summed E-state index contributed by atoms with van der Waals surface area (Å²) in [5, 5.41) is 23.7. The number of fused-ring (bicyclic) bond motifs is 1. The lowest BCUT2D eigenvalue weighted by Gasteiger charge is -2.19. The Morgan fingerprint density at radius 3 is 3.12 bits per heavy atom. The maximum atomic E-state index is 9.24. The van der Waals surface area contributed by atoms with Crippen LogP contribution in [-0.4, -0.2) is 37.5 Å². The van der Waals surface area contributed by atoms with Gasteiger partial charge < -0.3 is 4.98 Å². The van der Waals surface area contributed by atoms with E-state index in [2.05, 4.69) is 37.2 Å². The van der Waals surface area contributed by atoms with Crippen LogP contribution < -0.4 is 0 Å². The van der Waals surface area contributed by atoms with Gasteiger partial charge in [-0.1, -0.05) is 6.08 Å². The largest absolute Gasteiger partial charge is 0.346 e. The van der Waals surface area contributed by atoms with Crippen molar-refractivity contribution in [1.82, 2.24) is 24.7 Å². The zero-order valence-corrected chi connectivity index (χ0v) is 13.7. The summed E-state index contributed by atoms with van der Waals surface area (Å²) in [4.78, 5) is 15.9. The molecule has 1 aliphatic rings. The van der Waals surface area contributed by atoms with E-state index in [1.165, 1.54) is 6.33 Å². The molecule has 0 spiro atoms. The van der Waals surface area contributed by atoms with Gasteiger partial charge >= 0.3 is 0 Å². The van der Waals surface area contributed by atoms with Gasteiger partial charge in [-0.15, -0.1) is 0 Å². The van der Waals surface area contributed by atoms with E-state index in [4.69, 9.17) is 5.26 Å². The molecule has 2 atom stereocenters. The number of nitrogens with zero attached hydrogens (tertiary/aromatic N) is 7. The topological polar surface area (TPSA) is 119 Å². The van der Waals surface area contributed by atoms with Crippen LogP contribution in [0.2, 0.25) is 0 Å². The molecule has 8 nitrogen and oxygen atoms in total. The second kappa shape index (κ2) is 6.61. The quantitative estimate of drug-likeness (QED) is 0.781. The molecule has 0 saturated heterocycles. The molecule has 0 amide bonds. The van der Waals surface area contributed by atoms with E-state index in [1.807, 2.05) is 24.5 Å². The molecule has 2 unspecified atom stereocenters. The van der Waals surface area contributed by atoms with Crippen molar-refractivity contribution >= 4 is 17.2 Å². The second-order valence-electron chi connectivity index (χ2n) is 5.95. The summed E-state index contributed by atoms with van der Waals surface area (Å²) >= 11 is 0. The summed E-state index contributed by atoms with van der Waals surface area (Å²) in [6.45, 7) is 0.454. The molecule has 3 aromatic rings. The number of hydrogen-bond acceptors (Lipinski definition) is 6. The minimum atomic E-state index is -0.294. The van der Waals surface area contributed by atoms with Crippen molar-refractivity contribution in [2.45, 2.75) is 12.5 Å². The molecule has 8 heteroatoms. The van der Waals surface area contributed by atoms with Crippen LogP contribution in [0.3, 0.4) is 0 Å². The van der Waals surface area contributed by atoms with E-state index < -0.39 is 0 Å². The van der Waals surface area contributed by atoms with Crippen LogP contribution >= 0.6 is 0 Å². The van der Waals surface area contributed by atoms with Crippen LogP contribution in [0.4, 0.5) is 0 Å². The summed E-state index contributed by atoms with van der Waals surface area (Å²) in [6, 6.07) is 6.03. The van der Waals surface area contributed by atoms with E-state index in [-0.39, 0.29) is 18.4 Å². The van der Waals surface area contributed by atoms with Crippen molar-refractivity contribution in [1.29, 1.82) is 10.5 Å². The fourth-order valence-corrected chi connectivity index (χ4v) is 3.06. The van der Waals surface area contributed by atoms with Gasteiger partial charge in [-0.25, -0.2) is 9.97 Å². The summed E-state index contributed by atoms with van der Waals surface area (Å²) < 4.78 is 1.73. The average Bonchev–Trinajstić information content (AvgIpc) is 3.35. The van der Waals surface area contributed by atoms with E-state index >= 15 is 0 Å². The highest BCUT2D eigenvalue weighted by Gasteiger charge is 2.21. The first-order chi connectivity index (χ1) is 12.8. The minimum absolute atomic E-state index is 0.237. The molecule has 126 valence electrons. The zero-order valence-electron chi connectivity index (χ0n) is 13.7. The first-order valence-electron chi connectivity index (χ1n) is 8.11. The Morgan fingerprint density at radius 2 is 2.27 bits per heavy atom. The molecule has 0 bridgehead atoms. The third-order valence-corrected chi connectivity index (χ3v) is 4.32. The molecule has 4 heterocycles. The summed E-state index contributed by atoms with van der Waals surface area (Å²) in [5.74, 6) is -0.271. The summed E-state index contributed by atoms with van der Waals surface area (Å²) in [5.41, 5.74) is 3.20. The van der Waals surface area contributed by atoms with E-state index in [0.717, 1.165) is 27.9 Å². The van der Waals surface area contributed by atoms with Gasteiger partial charge in [-0.2, -0.15) is 15.6 Å². The van der Waals surface area contributed by atoms with Crippen LogP contribution in [0, 0.1) is 28.6 Å². The highest BCUT2D eigenvalue weighted by Crippen LogP contribution is 2.28. The van der Waals surface area contributed by atoms with Crippen molar-refractivity contribution in [3.05, 3.63) is 42.6 Å². The molecule has 0 fully saturated rings. The van der Waals surface area contributed by atoms with E-state index in [9.17, 15) is 5.26 Å². The van der Waals surface area contributed by atoms with Gasteiger partial charge in [0, 0.05) is 29.6 Å². The molecule has 26 heavy (non-hydrogen) atoms. The SMILES string of the molecule is N#CCC(C1=CC(C#N)CN=C1)n1cc(-c2ncnc3[nH]ccc23)cn1. The molecule has 0 radical (unpaired) electrons. The number of aromatic nitrogens is 5. The van der Waals surface area contributed by atoms with Crippen LogP contribution in [0.25, 0.3) is 22.3 Å². The maximum absolute atomic E-state index is 9.24. The van der Waals surface area contributed by atoms with Gasteiger partial charge in [0.2, 0.25) is 0 Å². The molecule has 1 aliphatic heterocycles. The Balaban J connectivity index is 1.73. The van der Waals surface area contributed by atoms with Crippen LogP contribution in [0.15, 0.2) is 47.6 Å².